The first kappa shape index (κ1) is 10.5. The number of carboxylic acid groups (broad SMARTS) is 1. The van der Waals surface area contributed by atoms with Gasteiger partial charge in [-0.05, 0) is 18.9 Å². The maximum absolute atomic E-state index is 10.6. The third kappa shape index (κ3) is 1.73. The Morgan fingerprint density at radius 2 is 2.00 bits per heavy atom. The van der Waals surface area contributed by atoms with Gasteiger partial charge in [-0.3, -0.25) is 4.79 Å². The van der Waals surface area contributed by atoms with Gasteiger partial charge in [-0.2, -0.15) is 0 Å². The lowest BCUT2D eigenvalue weighted by Gasteiger charge is -2.42. The van der Waals surface area contributed by atoms with E-state index in [2.05, 4.69) is 0 Å². The lowest BCUT2D eigenvalue weighted by molar-refractivity contribution is -0.159. The lowest BCUT2D eigenvalue weighted by atomic mass is 9.67. The summed E-state index contributed by atoms with van der Waals surface area (Å²) in [5, 5.41) is 19.4. The quantitative estimate of drug-likeness (QED) is 0.811. The molecule has 0 spiro atoms. The van der Waals surface area contributed by atoms with Crippen molar-refractivity contribution in [3.63, 3.8) is 0 Å². The third-order valence-electron chi connectivity index (χ3n) is 2.89. The summed E-state index contributed by atoms with van der Waals surface area (Å²) in [4.78, 5) is 10.6. The van der Waals surface area contributed by atoms with Gasteiger partial charge in [0.1, 0.15) is 0 Å². The highest BCUT2D eigenvalue weighted by molar-refractivity contribution is 6.31. The fraction of sp³-hybridized carbons (Fsp3) is 0.364. The van der Waals surface area contributed by atoms with Gasteiger partial charge in [-0.1, -0.05) is 29.8 Å². The Bertz CT molecular complexity index is 397. The number of carbonyl (C=O) groups is 1. The number of hydrogen-bond acceptors (Lipinski definition) is 2. The van der Waals surface area contributed by atoms with Crippen LogP contribution in [0, 0.1) is 5.92 Å². The number of hydrogen-bond donors (Lipinski definition) is 2. The van der Waals surface area contributed by atoms with Gasteiger partial charge in [0.2, 0.25) is 0 Å². The first-order chi connectivity index (χ1) is 7.03. The fourth-order valence-electron chi connectivity index (χ4n) is 1.99. The van der Waals surface area contributed by atoms with Crippen molar-refractivity contribution in [2.45, 2.75) is 18.4 Å². The number of carboxylic acids is 1. The summed E-state index contributed by atoms with van der Waals surface area (Å²) in [6.07, 6.45) is 0.484. The zero-order chi connectivity index (χ0) is 11.1. The number of halogens is 1. The molecule has 1 saturated carbocycles. The summed E-state index contributed by atoms with van der Waals surface area (Å²) >= 11 is 5.94. The molecule has 0 saturated heterocycles. The summed E-state index contributed by atoms with van der Waals surface area (Å²) in [6, 6.07) is 7.00. The largest absolute Gasteiger partial charge is 0.481 e. The molecular weight excluding hydrogens is 216 g/mol. The molecule has 0 aromatic heterocycles. The van der Waals surface area contributed by atoms with Crippen molar-refractivity contribution in [1.82, 2.24) is 0 Å². The van der Waals surface area contributed by atoms with Gasteiger partial charge in [-0.25, -0.2) is 0 Å². The van der Waals surface area contributed by atoms with Gasteiger partial charge in [0.25, 0.3) is 0 Å². The van der Waals surface area contributed by atoms with Crippen LogP contribution in [0.15, 0.2) is 24.3 Å². The Morgan fingerprint density at radius 1 is 1.40 bits per heavy atom. The molecule has 1 aromatic carbocycles. The van der Waals surface area contributed by atoms with Gasteiger partial charge < -0.3 is 10.2 Å². The molecule has 1 aromatic rings. The van der Waals surface area contributed by atoms with E-state index in [1.165, 1.54) is 0 Å². The first-order valence-electron chi connectivity index (χ1n) is 4.73. The van der Waals surface area contributed by atoms with Crippen LogP contribution in [0.1, 0.15) is 18.4 Å². The number of benzene rings is 1. The zero-order valence-electron chi connectivity index (χ0n) is 7.98. The molecule has 2 N–H and O–H groups in total. The Balaban J connectivity index is 2.20. The van der Waals surface area contributed by atoms with Crippen LogP contribution in [0.3, 0.4) is 0 Å². The molecule has 4 heteroatoms. The topological polar surface area (TPSA) is 57.5 Å². The molecule has 0 atom stereocenters. The Kier molecular flexibility index (Phi) is 2.44. The van der Waals surface area contributed by atoms with Gasteiger partial charge in [-0.15, -0.1) is 0 Å². The fourth-order valence-corrected chi connectivity index (χ4v) is 2.30. The van der Waals surface area contributed by atoms with Crippen LogP contribution in [0.4, 0.5) is 0 Å². The first-order valence-corrected chi connectivity index (χ1v) is 5.11. The van der Waals surface area contributed by atoms with E-state index in [4.69, 9.17) is 16.7 Å². The highest BCUT2D eigenvalue weighted by Crippen LogP contribution is 2.47. The normalized spacial score (nSPS) is 29.6. The Morgan fingerprint density at radius 3 is 2.53 bits per heavy atom. The van der Waals surface area contributed by atoms with Crippen molar-refractivity contribution in [3.8, 4) is 0 Å². The Labute approximate surface area is 92.3 Å². The molecule has 0 radical (unpaired) electrons. The second-order valence-electron chi connectivity index (χ2n) is 3.95. The van der Waals surface area contributed by atoms with E-state index >= 15 is 0 Å². The summed E-state index contributed by atoms with van der Waals surface area (Å²) in [5.41, 5.74) is -0.425. The molecule has 0 heterocycles. The smallest absolute Gasteiger partial charge is 0.306 e. The SMILES string of the molecule is O=C(O)C1CC(O)(c2ccccc2Cl)C1. The van der Waals surface area contributed by atoms with E-state index in [1.54, 1.807) is 24.3 Å². The van der Waals surface area contributed by atoms with Gasteiger partial charge in [0.05, 0.1) is 11.5 Å². The lowest BCUT2D eigenvalue weighted by Crippen LogP contribution is -2.44. The highest BCUT2D eigenvalue weighted by atomic mass is 35.5. The van der Waals surface area contributed by atoms with Crippen molar-refractivity contribution in [2.24, 2.45) is 5.92 Å². The molecule has 0 amide bonds. The van der Waals surface area contributed by atoms with Crippen molar-refractivity contribution in [2.75, 3.05) is 0 Å². The number of rotatable bonds is 2. The van der Waals surface area contributed by atoms with E-state index in [0.717, 1.165) is 0 Å². The zero-order valence-corrected chi connectivity index (χ0v) is 8.74. The van der Waals surface area contributed by atoms with E-state index < -0.39 is 17.5 Å². The predicted octanol–water partition coefficient (Wildman–Crippen LogP) is 2.02. The summed E-state index contributed by atoms with van der Waals surface area (Å²) in [6.45, 7) is 0. The third-order valence-corrected chi connectivity index (χ3v) is 3.22. The second kappa shape index (κ2) is 3.51. The molecule has 3 nitrogen and oxygen atoms in total. The maximum atomic E-state index is 10.6. The summed E-state index contributed by atoms with van der Waals surface area (Å²) in [7, 11) is 0. The second-order valence-corrected chi connectivity index (χ2v) is 4.36. The number of aliphatic hydroxyl groups is 1. The van der Waals surface area contributed by atoms with E-state index in [-0.39, 0.29) is 12.8 Å². The molecule has 0 unspecified atom stereocenters. The minimum absolute atomic E-state index is 0.242. The monoisotopic (exact) mass is 226 g/mol. The molecule has 15 heavy (non-hydrogen) atoms. The van der Waals surface area contributed by atoms with Crippen LogP contribution in [0.5, 0.6) is 0 Å². The molecule has 80 valence electrons. The number of aliphatic carboxylic acids is 1. The van der Waals surface area contributed by atoms with Crippen molar-refractivity contribution in [1.29, 1.82) is 0 Å². The van der Waals surface area contributed by atoms with Crippen molar-refractivity contribution >= 4 is 17.6 Å². The molecule has 0 aliphatic heterocycles. The summed E-state index contributed by atoms with van der Waals surface area (Å²) < 4.78 is 0. The van der Waals surface area contributed by atoms with Crippen LogP contribution in [0.2, 0.25) is 5.02 Å². The standard InChI is InChI=1S/C11H11ClO3/c12-9-4-2-1-3-8(9)11(15)5-7(6-11)10(13)14/h1-4,7,15H,5-6H2,(H,13,14). The van der Waals surface area contributed by atoms with Crippen LogP contribution in [-0.2, 0) is 10.4 Å². The van der Waals surface area contributed by atoms with Crippen LogP contribution in [0.25, 0.3) is 0 Å². The predicted molar refractivity (Wildman–Crippen MR) is 55.7 cm³/mol. The molecule has 0 bridgehead atoms. The highest BCUT2D eigenvalue weighted by Gasteiger charge is 2.48. The van der Waals surface area contributed by atoms with Gasteiger partial charge >= 0.3 is 5.97 Å². The van der Waals surface area contributed by atoms with Crippen LogP contribution >= 0.6 is 11.6 Å². The molecule has 2 rings (SSSR count). The maximum Gasteiger partial charge on any atom is 0.306 e. The van der Waals surface area contributed by atoms with E-state index in [1.807, 2.05) is 0 Å². The average Bonchev–Trinajstić information content (AvgIpc) is 2.13. The van der Waals surface area contributed by atoms with E-state index in [0.29, 0.717) is 10.6 Å². The summed E-state index contributed by atoms with van der Waals surface area (Å²) in [5.74, 6) is -1.31. The van der Waals surface area contributed by atoms with Crippen LogP contribution < -0.4 is 0 Å². The molecule has 1 aliphatic rings. The molecule has 1 aliphatic carbocycles. The molecular formula is C11H11ClO3. The molecule has 1 fully saturated rings. The van der Waals surface area contributed by atoms with Crippen LogP contribution in [-0.4, -0.2) is 16.2 Å². The van der Waals surface area contributed by atoms with Gasteiger partial charge in [0, 0.05) is 10.6 Å². The minimum Gasteiger partial charge on any atom is -0.481 e. The minimum atomic E-state index is -1.05. The van der Waals surface area contributed by atoms with Gasteiger partial charge in [0.15, 0.2) is 0 Å². The van der Waals surface area contributed by atoms with E-state index in [9.17, 15) is 9.90 Å². The Hall–Kier alpha value is -1.06. The average molecular weight is 227 g/mol. The van der Waals surface area contributed by atoms with Crippen molar-refractivity contribution in [3.05, 3.63) is 34.9 Å². The van der Waals surface area contributed by atoms with Crippen molar-refractivity contribution < 1.29 is 15.0 Å².